The van der Waals surface area contributed by atoms with Gasteiger partial charge in [-0.05, 0) is 6.42 Å². The molecule has 1 heterocycles. The molecule has 0 amide bonds. The van der Waals surface area contributed by atoms with Gasteiger partial charge in [-0.25, -0.2) is 0 Å². The molecule has 1 aliphatic rings. The van der Waals surface area contributed by atoms with Crippen LogP contribution in [0.1, 0.15) is 90.4 Å². The third-order valence-electron chi connectivity index (χ3n) is 4.95. The van der Waals surface area contributed by atoms with Gasteiger partial charge in [-0.1, -0.05) is 84.0 Å². The lowest BCUT2D eigenvalue weighted by Gasteiger charge is -2.20. The molecule has 1 rings (SSSR count). The number of methoxy groups -OCH3 is 1. The average Bonchev–Trinajstić information content (AvgIpc) is 2.94. The van der Waals surface area contributed by atoms with Gasteiger partial charge in [-0.15, -0.1) is 0 Å². The second-order valence-electron chi connectivity index (χ2n) is 7.15. The summed E-state index contributed by atoms with van der Waals surface area (Å²) in [5.74, 6) is 0. The van der Waals surface area contributed by atoms with E-state index in [4.69, 9.17) is 14.2 Å². The summed E-state index contributed by atoms with van der Waals surface area (Å²) in [7, 11) is 1.60. The van der Waals surface area contributed by atoms with Gasteiger partial charge >= 0.3 is 0 Å². The van der Waals surface area contributed by atoms with E-state index >= 15 is 0 Å². The van der Waals surface area contributed by atoms with Crippen LogP contribution >= 0.6 is 0 Å². The predicted octanol–water partition coefficient (Wildman–Crippen LogP) is 4.83. The Morgan fingerprint density at radius 1 is 0.875 bits per heavy atom. The van der Waals surface area contributed by atoms with Gasteiger partial charge in [0.1, 0.15) is 19.0 Å². The largest absolute Gasteiger partial charge is 0.388 e. The molecule has 3 atom stereocenters. The van der Waals surface area contributed by atoms with Gasteiger partial charge in [-0.3, -0.25) is 0 Å². The van der Waals surface area contributed by atoms with E-state index in [1.165, 1.54) is 70.6 Å². The normalized spacial score (nSPS) is 23.9. The van der Waals surface area contributed by atoms with Crippen molar-refractivity contribution >= 4 is 0 Å². The van der Waals surface area contributed by atoms with Crippen molar-refractivity contribution in [1.29, 1.82) is 0 Å². The first-order valence-electron chi connectivity index (χ1n) is 10.2. The second kappa shape index (κ2) is 15.1. The zero-order valence-electron chi connectivity index (χ0n) is 16.0. The standard InChI is InChI=1S/C20H40O4/c1-3-4-5-6-7-8-9-10-11-12-13-14-15-19-20(24-17-22-2)18(21)16-23-19/h18-21H,3-17H2,1-2H3/t18-,19-,20-/m1/s1. The van der Waals surface area contributed by atoms with Crippen LogP contribution in [0.5, 0.6) is 0 Å². The highest BCUT2D eigenvalue weighted by atomic mass is 16.7. The Morgan fingerprint density at radius 2 is 1.42 bits per heavy atom. The second-order valence-corrected chi connectivity index (χ2v) is 7.15. The Hall–Kier alpha value is -0.160. The summed E-state index contributed by atoms with van der Waals surface area (Å²) >= 11 is 0. The summed E-state index contributed by atoms with van der Waals surface area (Å²) in [5.41, 5.74) is 0. The average molecular weight is 345 g/mol. The van der Waals surface area contributed by atoms with Gasteiger partial charge in [0.15, 0.2) is 0 Å². The highest BCUT2D eigenvalue weighted by Gasteiger charge is 2.36. The van der Waals surface area contributed by atoms with Crippen LogP contribution in [0.4, 0.5) is 0 Å². The van der Waals surface area contributed by atoms with Crippen molar-refractivity contribution in [3.8, 4) is 0 Å². The molecule has 0 aromatic rings. The molecular formula is C20H40O4. The van der Waals surface area contributed by atoms with Crippen molar-refractivity contribution in [1.82, 2.24) is 0 Å². The van der Waals surface area contributed by atoms with Crippen molar-refractivity contribution in [2.75, 3.05) is 20.5 Å². The smallest absolute Gasteiger partial charge is 0.146 e. The van der Waals surface area contributed by atoms with E-state index in [9.17, 15) is 5.11 Å². The molecule has 0 aliphatic carbocycles. The highest BCUT2D eigenvalue weighted by molar-refractivity contribution is 4.84. The van der Waals surface area contributed by atoms with Crippen LogP contribution in [0.2, 0.25) is 0 Å². The minimum absolute atomic E-state index is 0.0262. The van der Waals surface area contributed by atoms with Gasteiger partial charge in [0.05, 0.1) is 12.7 Å². The SMILES string of the molecule is CCCCCCCCCCCCCC[C@H]1OC[C@@H](O)[C@H]1OCOC. The van der Waals surface area contributed by atoms with E-state index in [0.717, 1.165) is 12.8 Å². The highest BCUT2D eigenvalue weighted by Crippen LogP contribution is 2.23. The number of aliphatic hydroxyl groups excluding tert-OH is 1. The van der Waals surface area contributed by atoms with Gasteiger partial charge in [-0.2, -0.15) is 0 Å². The van der Waals surface area contributed by atoms with Crippen LogP contribution < -0.4 is 0 Å². The lowest BCUT2D eigenvalue weighted by molar-refractivity contribution is -0.115. The van der Waals surface area contributed by atoms with Crippen LogP contribution in [0.3, 0.4) is 0 Å². The molecule has 0 radical (unpaired) electrons. The van der Waals surface area contributed by atoms with E-state index < -0.39 is 6.10 Å². The van der Waals surface area contributed by atoms with Crippen molar-refractivity contribution < 1.29 is 19.3 Å². The molecule has 144 valence electrons. The molecule has 1 aliphatic heterocycles. The molecule has 0 aromatic carbocycles. The molecule has 4 heteroatoms. The minimum atomic E-state index is -0.512. The number of rotatable bonds is 16. The molecule has 0 saturated carbocycles. The lowest BCUT2D eigenvalue weighted by Crippen LogP contribution is -2.33. The zero-order chi connectivity index (χ0) is 17.5. The first kappa shape index (κ1) is 21.9. The molecule has 0 unspecified atom stereocenters. The Bertz CT molecular complexity index is 272. The Kier molecular flexibility index (Phi) is 13.8. The number of hydrogen-bond donors (Lipinski definition) is 1. The van der Waals surface area contributed by atoms with E-state index in [-0.39, 0.29) is 19.0 Å². The molecule has 1 fully saturated rings. The van der Waals surface area contributed by atoms with E-state index in [2.05, 4.69) is 6.92 Å². The van der Waals surface area contributed by atoms with Crippen molar-refractivity contribution in [2.45, 2.75) is 109 Å². The molecule has 1 saturated heterocycles. The maximum absolute atomic E-state index is 9.87. The summed E-state index contributed by atoms with van der Waals surface area (Å²) in [6.07, 6.45) is 16.5. The van der Waals surface area contributed by atoms with Crippen LogP contribution in [0.15, 0.2) is 0 Å². The Labute approximate surface area is 149 Å². The van der Waals surface area contributed by atoms with Crippen molar-refractivity contribution in [3.63, 3.8) is 0 Å². The fourth-order valence-corrected chi connectivity index (χ4v) is 3.46. The first-order valence-corrected chi connectivity index (χ1v) is 10.2. The summed E-state index contributed by atoms with van der Waals surface area (Å²) in [4.78, 5) is 0. The van der Waals surface area contributed by atoms with E-state index in [1.807, 2.05) is 0 Å². The lowest BCUT2D eigenvalue weighted by atomic mass is 10.0. The fourth-order valence-electron chi connectivity index (χ4n) is 3.46. The van der Waals surface area contributed by atoms with Gasteiger partial charge in [0.25, 0.3) is 0 Å². The summed E-state index contributed by atoms with van der Waals surface area (Å²) in [6.45, 7) is 2.88. The zero-order valence-corrected chi connectivity index (χ0v) is 16.0. The molecule has 24 heavy (non-hydrogen) atoms. The van der Waals surface area contributed by atoms with Crippen LogP contribution in [-0.4, -0.2) is 43.9 Å². The number of aliphatic hydroxyl groups is 1. The van der Waals surface area contributed by atoms with Gasteiger partial charge in [0.2, 0.25) is 0 Å². The van der Waals surface area contributed by atoms with E-state index in [0.29, 0.717) is 6.61 Å². The molecule has 0 bridgehead atoms. The number of unbranched alkanes of at least 4 members (excludes halogenated alkanes) is 11. The molecular weight excluding hydrogens is 304 g/mol. The quantitative estimate of drug-likeness (QED) is 0.322. The number of ether oxygens (including phenoxy) is 3. The van der Waals surface area contributed by atoms with Crippen LogP contribution in [0, 0.1) is 0 Å². The summed E-state index contributed by atoms with van der Waals surface area (Å²) in [5, 5.41) is 9.87. The molecule has 0 spiro atoms. The van der Waals surface area contributed by atoms with E-state index in [1.54, 1.807) is 7.11 Å². The van der Waals surface area contributed by atoms with Gasteiger partial charge in [0, 0.05) is 7.11 Å². The third kappa shape index (κ3) is 9.97. The Morgan fingerprint density at radius 3 is 1.96 bits per heavy atom. The summed E-state index contributed by atoms with van der Waals surface area (Å²) < 4.78 is 16.1. The topological polar surface area (TPSA) is 47.9 Å². The first-order chi connectivity index (χ1) is 11.8. The molecule has 0 aromatic heterocycles. The van der Waals surface area contributed by atoms with Crippen molar-refractivity contribution in [3.05, 3.63) is 0 Å². The maximum Gasteiger partial charge on any atom is 0.146 e. The van der Waals surface area contributed by atoms with Crippen LogP contribution in [-0.2, 0) is 14.2 Å². The monoisotopic (exact) mass is 344 g/mol. The molecule has 4 nitrogen and oxygen atoms in total. The van der Waals surface area contributed by atoms with Crippen molar-refractivity contribution in [2.24, 2.45) is 0 Å². The fraction of sp³-hybridized carbons (Fsp3) is 1.00. The predicted molar refractivity (Wildman–Crippen MR) is 98.2 cm³/mol. The van der Waals surface area contributed by atoms with Gasteiger partial charge < -0.3 is 19.3 Å². The number of hydrogen-bond acceptors (Lipinski definition) is 4. The molecule has 1 N–H and O–H groups in total. The summed E-state index contributed by atoms with van der Waals surface area (Å²) in [6, 6.07) is 0. The maximum atomic E-state index is 9.87. The Balaban J connectivity index is 1.89. The van der Waals surface area contributed by atoms with Crippen LogP contribution in [0.25, 0.3) is 0 Å². The minimum Gasteiger partial charge on any atom is -0.388 e. The third-order valence-corrected chi connectivity index (χ3v) is 4.95.